The van der Waals surface area contributed by atoms with E-state index in [4.69, 9.17) is 4.74 Å². The molecule has 1 aliphatic rings. The third-order valence-electron chi connectivity index (χ3n) is 4.20. The number of nitro groups is 1. The Morgan fingerprint density at radius 3 is 2.28 bits per heavy atom. The molecule has 7 heteroatoms. The number of nitrogens with zero attached hydrogens (tertiary/aromatic N) is 2. The molecule has 1 fully saturated rings. The summed E-state index contributed by atoms with van der Waals surface area (Å²) in [5.74, 6) is -0.180. The van der Waals surface area contributed by atoms with Gasteiger partial charge in [-0.1, -0.05) is 13.8 Å². The van der Waals surface area contributed by atoms with Crippen molar-refractivity contribution in [1.82, 2.24) is 4.90 Å². The number of imide groups is 1. The first-order valence-corrected chi connectivity index (χ1v) is 8.43. The molecule has 1 heterocycles. The second-order valence-electron chi connectivity index (χ2n) is 7.14. The molecule has 2 amide bonds. The largest absolute Gasteiger partial charge is 0.377 e. The molecule has 136 valence electrons. The molecule has 0 aromatic heterocycles. The van der Waals surface area contributed by atoms with Gasteiger partial charge >= 0.3 is 0 Å². The van der Waals surface area contributed by atoms with Crippen molar-refractivity contribution in [2.24, 2.45) is 5.41 Å². The molecule has 1 aliphatic heterocycles. The quantitative estimate of drug-likeness (QED) is 0.312. The van der Waals surface area contributed by atoms with E-state index in [1.807, 2.05) is 13.8 Å². The number of rotatable bonds is 8. The van der Waals surface area contributed by atoms with Gasteiger partial charge in [0.1, 0.15) is 0 Å². The molecule has 0 bridgehead atoms. The maximum absolute atomic E-state index is 12.0. The fourth-order valence-corrected chi connectivity index (χ4v) is 2.84. The number of carbonyl (C=O) groups excluding carboxylic acids is 2. The molecular weight excluding hydrogens is 324 g/mol. The van der Waals surface area contributed by atoms with Crippen LogP contribution in [0.25, 0.3) is 0 Å². The lowest BCUT2D eigenvalue weighted by molar-refractivity contribution is -0.384. The molecule has 0 spiro atoms. The Bertz CT molecular complexity index is 619. The summed E-state index contributed by atoms with van der Waals surface area (Å²) < 4.78 is 5.54. The van der Waals surface area contributed by atoms with Crippen molar-refractivity contribution in [3.8, 4) is 0 Å². The van der Waals surface area contributed by atoms with Crippen molar-refractivity contribution in [1.29, 1.82) is 0 Å². The van der Waals surface area contributed by atoms with Gasteiger partial charge in [0.25, 0.3) is 5.69 Å². The molecule has 0 aliphatic carbocycles. The van der Waals surface area contributed by atoms with Crippen LogP contribution in [0, 0.1) is 15.5 Å². The summed E-state index contributed by atoms with van der Waals surface area (Å²) in [4.78, 5) is 35.6. The molecule has 0 saturated carbocycles. The lowest BCUT2D eigenvalue weighted by Crippen LogP contribution is -2.46. The van der Waals surface area contributed by atoms with Crippen LogP contribution >= 0.6 is 0 Å². The Labute approximate surface area is 147 Å². The third-order valence-corrected chi connectivity index (χ3v) is 4.20. The highest BCUT2D eigenvalue weighted by atomic mass is 16.6. The fourth-order valence-electron chi connectivity index (χ4n) is 2.84. The topological polar surface area (TPSA) is 89.8 Å². The molecule has 7 nitrogen and oxygen atoms in total. The first-order valence-electron chi connectivity index (χ1n) is 8.43. The highest BCUT2D eigenvalue weighted by Crippen LogP contribution is 2.31. The fraction of sp³-hybridized carbons (Fsp3) is 0.556. The van der Waals surface area contributed by atoms with Crippen molar-refractivity contribution in [3.63, 3.8) is 0 Å². The van der Waals surface area contributed by atoms with E-state index in [1.165, 1.54) is 17.0 Å². The summed E-state index contributed by atoms with van der Waals surface area (Å²) in [7, 11) is 0. The number of piperidine rings is 1. The molecule has 1 saturated heterocycles. The van der Waals surface area contributed by atoms with Crippen LogP contribution in [0.5, 0.6) is 0 Å². The number of hydrogen-bond acceptors (Lipinski definition) is 5. The van der Waals surface area contributed by atoms with Gasteiger partial charge in [-0.3, -0.25) is 24.6 Å². The lowest BCUT2D eigenvalue weighted by atomic mass is 9.82. The van der Waals surface area contributed by atoms with Gasteiger partial charge < -0.3 is 4.74 Å². The van der Waals surface area contributed by atoms with Crippen LogP contribution in [0.4, 0.5) is 5.69 Å². The average Bonchev–Trinajstić information content (AvgIpc) is 2.52. The van der Waals surface area contributed by atoms with Gasteiger partial charge in [0, 0.05) is 38.1 Å². The predicted molar refractivity (Wildman–Crippen MR) is 91.7 cm³/mol. The zero-order chi connectivity index (χ0) is 18.4. The Kier molecular flexibility index (Phi) is 6.25. The van der Waals surface area contributed by atoms with E-state index in [0.717, 1.165) is 12.0 Å². The maximum atomic E-state index is 12.0. The van der Waals surface area contributed by atoms with E-state index >= 15 is 0 Å². The average molecular weight is 348 g/mol. The lowest BCUT2D eigenvalue weighted by Gasteiger charge is -2.34. The summed E-state index contributed by atoms with van der Waals surface area (Å²) in [5.41, 5.74) is 0.690. The van der Waals surface area contributed by atoms with E-state index in [1.54, 1.807) is 12.1 Å². The number of likely N-dealkylation sites (tertiary alicyclic amines) is 1. The van der Waals surface area contributed by atoms with E-state index in [2.05, 4.69) is 0 Å². The maximum Gasteiger partial charge on any atom is 0.269 e. The van der Waals surface area contributed by atoms with Crippen molar-refractivity contribution in [2.45, 2.75) is 46.1 Å². The van der Waals surface area contributed by atoms with E-state index in [-0.39, 0.29) is 22.9 Å². The SMILES string of the molecule is CC1(C)CC(=O)N(CCCCOCc2ccc([N+](=O)[O-])cc2)C(=O)C1. The van der Waals surface area contributed by atoms with Crippen LogP contribution in [-0.4, -0.2) is 34.8 Å². The van der Waals surface area contributed by atoms with Crippen LogP contribution in [-0.2, 0) is 20.9 Å². The van der Waals surface area contributed by atoms with Gasteiger partial charge in [0.05, 0.1) is 11.5 Å². The highest BCUT2D eigenvalue weighted by molar-refractivity contribution is 5.98. The number of ether oxygens (including phenoxy) is 1. The number of non-ortho nitro benzene ring substituents is 1. The van der Waals surface area contributed by atoms with Crippen molar-refractivity contribution in [3.05, 3.63) is 39.9 Å². The minimum absolute atomic E-state index is 0.0581. The van der Waals surface area contributed by atoms with Crippen molar-refractivity contribution >= 4 is 17.5 Å². The molecule has 0 atom stereocenters. The van der Waals surface area contributed by atoms with Gasteiger partial charge in [-0.25, -0.2) is 0 Å². The zero-order valence-electron chi connectivity index (χ0n) is 14.7. The van der Waals surface area contributed by atoms with E-state index in [0.29, 0.717) is 39.0 Å². The molecule has 2 rings (SSSR count). The number of carbonyl (C=O) groups is 2. The minimum atomic E-state index is -0.436. The summed E-state index contributed by atoms with van der Waals surface area (Å²) in [5, 5.41) is 10.6. The summed E-state index contributed by atoms with van der Waals surface area (Å²) in [6, 6.07) is 6.25. The number of unbranched alkanes of at least 4 members (excludes halogenated alkanes) is 1. The van der Waals surface area contributed by atoms with Gasteiger partial charge in [-0.05, 0) is 36.0 Å². The summed E-state index contributed by atoms with van der Waals surface area (Å²) in [6.45, 7) is 5.21. The van der Waals surface area contributed by atoms with Crippen LogP contribution in [0.2, 0.25) is 0 Å². The second-order valence-corrected chi connectivity index (χ2v) is 7.14. The molecule has 1 aromatic rings. The van der Waals surface area contributed by atoms with Gasteiger partial charge in [-0.15, -0.1) is 0 Å². The number of amides is 2. The van der Waals surface area contributed by atoms with Crippen LogP contribution < -0.4 is 0 Å². The van der Waals surface area contributed by atoms with Crippen molar-refractivity contribution < 1.29 is 19.2 Å². The molecule has 25 heavy (non-hydrogen) atoms. The normalized spacial score (nSPS) is 17.0. The first-order chi connectivity index (χ1) is 11.8. The summed E-state index contributed by atoms with van der Waals surface area (Å²) in [6.07, 6.45) is 2.27. The predicted octanol–water partition coefficient (Wildman–Crippen LogP) is 3.07. The number of nitro benzene ring substituents is 1. The van der Waals surface area contributed by atoms with Crippen molar-refractivity contribution in [2.75, 3.05) is 13.2 Å². The third kappa shape index (κ3) is 5.63. The first kappa shape index (κ1) is 19.1. The number of hydrogen-bond donors (Lipinski definition) is 0. The molecule has 1 aromatic carbocycles. The molecule has 0 N–H and O–H groups in total. The second kappa shape index (κ2) is 8.20. The van der Waals surface area contributed by atoms with E-state index in [9.17, 15) is 19.7 Å². The Morgan fingerprint density at radius 1 is 1.12 bits per heavy atom. The molecular formula is C18H24N2O5. The van der Waals surface area contributed by atoms with Gasteiger partial charge in [0.15, 0.2) is 0 Å². The van der Waals surface area contributed by atoms with Crippen LogP contribution in [0.3, 0.4) is 0 Å². The van der Waals surface area contributed by atoms with Crippen LogP contribution in [0.1, 0.15) is 45.1 Å². The smallest absolute Gasteiger partial charge is 0.269 e. The highest BCUT2D eigenvalue weighted by Gasteiger charge is 2.36. The number of benzene rings is 1. The van der Waals surface area contributed by atoms with Gasteiger partial charge in [0.2, 0.25) is 11.8 Å². The van der Waals surface area contributed by atoms with Gasteiger partial charge in [-0.2, -0.15) is 0 Å². The Morgan fingerprint density at radius 2 is 1.72 bits per heavy atom. The van der Waals surface area contributed by atoms with Crippen LogP contribution in [0.15, 0.2) is 24.3 Å². The molecule has 0 radical (unpaired) electrons. The molecule has 0 unspecified atom stereocenters. The standard InChI is InChI=1S/C18H24N2O5/c1-18(2)11-16(21)19(17(22)12-18)9-3-4-10-25-13-14-5-7-15(8-6-14)20(23)24/h5-8H,3-4,9-13H2,1-2H3. The summed E-state index contributed by atoms with van der Waals surface area (Å²) >= 11 is 0. The van der Waals surface area contributed by atoms with E-state index < -0.39 is 4.92 Å². The Hall–Kier alpha value is -2.28. The Balaban J connectivity index is 1.64. The monoisotopic (exact) mass is 348 g/mol. The minimum Gasteiger partial charge on any atom is -0.377 e. The zero-order valence-corrected chi connectivity index (χ0v) is 14.7.